The van der Waals surface area contributed by atoms with Crippen molar-refractivity contribution < 1.29 is 8.78 Å². The first-order chi connectivity index (χ1) is 9.65. The van der Waals surface area contributed by atoms with E-state index in [4.69, 9.17) is 0 Å². The Hall–Kier alpha value is -1.78. The Morgan fingerprint density at radius 1 is 1.25 bits per heavy atom. The number of hydrogen-bond donors (Lipinski definition) is 0. The van der Waals surface area contributed by atoms with Gasteiger partial charge >= 0.3 is 0 Å². The molecule has 1 aliphatic carbocycles. The molecule has 1 aromatic heterocycles. The largest absolute Gasteiger partial charge is 0.359 e. The first-order valence-electron chi connectivity index (χ1n) is 6.91. The normalized spacial score (nSPS) is 15.0. The van der Waals surface area contributed by atoms with Crippen molar-refractivity contribution in [2.75, 3.05) is 18.5 Å². The number of rotatable bonds is 5. The van der Waals surface area contributed by atoms with E-state index in [1.165, 1.54) is 12.8 Å². The molecule has 5 heteroatoms. The van der Waals surface area contributed by atoms with Crippen LogP contribution in [0.3, 0.4) is 0 Å². The van der Waals surface area contributed by atoms with Gasteiger partial charge in [0.15, 0.2) is 5.82 Å². The Morgan fingerprint density at radius 3 is 2.70 bits per heavy atom. The fraction of sp³-hybridized carbons (Fsp3) is 0.467. The Bertz CT molecular complexity index is 611. The second-order valence-electron chi connectivity index (χ2n) is 5.38. The van der Waals surface area contributed by atoms with Crippen molar-refractivity contribution in [1.82, 2.24) is 9.97 Å². The third kappa shape index (κ3) is 2.71. The van der Waals surface area contributed by atoms with E-state index in [2.05, 4.69) is 9.97 Å². The highest BCUT2D eigenvalue weighted by Gasteiger charge is 2.22. The maximum atomic E-state index is 12.9. The molecule has 2 aromatic rings. The van der Waals surface area contributed by atoms with Gasteiger partial charge in [0.25, 0.3) is 6.43 Å². The number of benzene rings is 1. The molecule has 1 heterocycles. The topological polar surface area (TPSA) is 29.0 Å². The van der Waals surface area contributed by atoms with E-state index < -0.39 is 12.2 Å². The lowest BCUT2D eigenvalue weighted by molar-refractivity contribution is 0.141. The maximum Gasteiger partial charge on any atom is 0.297 e. The minimum atomic E-state index is -2.64. The highest BCUT2D eigenvalue weighted by Crippen LogP contribution is 2.33. The number of para-hydroxylation sites is 1. The Labute approximate surface area is 116 Å². The minimum absolute atomic E-state index is 0.392. The molecule has 1 saturated carbocycles. The molecular formula is C15H17F2N3. The molecule has 3 rings (SSSR count). The molecule has 0 unspecified atom stereocenters. The fourth-order valence-electron chi connectivity index (χ4n) is 2.35. The van der Waals surface area contributed by atoms with E-state index in [0.29, 0.717) is 11.3 Å². The zero-order chi connectivity index (χ0) is 14.1. The summed E-state index contributed by atoms with van der Waals surface area (Å²) in [5, 5.41) is 0.829. The van der Waals surface area contributed by atoms with Gasteiger partial charge in [0.05, 0.1) is 5.52 Å². The third-order valence-corrected chi connectivity index (χ3v) is 3.73. The first kappa shape index (κ1) is 13.2. The predicted octanol–water partition coefficient (Wildman–Crippen LogP) is 3.80. The maximum absolute atomic E-state index is 12.9. The lowest BCUT2D eigenvalue weighted by Gasteiger charge is -2.20. The van der Waals surface area contributed by atoms with E-state index in [-0.39, 0.29) is 0 Å². The number of hydrogen-bond acceptors (Lipinski definition) is 3. The van der Waals surface area contributed by atoms with Gasteiger partial charge in [-0.1, -0.05) is 25.0 Å². The zero-order valence-electron chi connectivity index (χ0n) is 11.4. The second kappa shape index (κ2) is 5.31. The molecule has 0 atom stereocenters. The van der Waals surface area contributed by atoms with E-state index >= 15 is 0 Å². The van der Waals surface area contributed by atoms with Crippen LogP contribution in [0.2, 0.25) is 0 Å². The predicted molar refractivity (Wildman–Crippen MR) is 75.1 cm³/mol. The van der Waals surface area contributed by atoms with E-state index in [1.54, 1.807) is 12.1 Å². The summed E-state index contributed by atoms with van der Waals surface area (Å²) < 4.78 is 25.8. The van der Waals surface area contributed by atoms with Crippen LogP contribution < -0.4 is 4.90 Å². The van der Waals surface area contributed by atoms with E-state index in [1.807, 2.05) is 24.1 Å². The number of nitrogens with zero attached hydrogens (tertiary/aromatic N) is 3. The lowest BCUT2D eigenvalue weighted by Crippen LogP contribution is -2.21. The van der Waals surface area contributed by atoms with Gasteiger partial charge in [0.2, 0.25) is 0 Å². The van der Waals surface area contributed by atoms with Crippen LogP contribution in [-0.4, -0.2) is 23.6 Å². The summed E-state index contributed by atoms with van der Waals surface area (Å²) in [4.78, 5) is 9.97. The summed E-state index contributed by atoms with van der Waals surface area (Å²) in [6, 6.07) is 7.32. The Balaban J connectivity index is 1.97. The summed E-state index contributed by atoms with van der Waals surface area (Å²) in [5.41, 5.74) is 0.575. The van der Waals surface area contributed by atoms with Crippen molar-refractivity contribution in [2.45, 2.75) is 25.7 Å². The molecule has 0 spiro atoms. The van der Waals surface area contributed by atoms with Gasteiger partial charge < -0.3 is 4.90 Å². The average Bonchev–Trinajstić information content (AvgIpc) is 3.27. The molecule has 0 N–H and O–H groups in total. The van der Waals surface area contributed by atoms with Crippen LogP contribution >= 0.6 is 0 Å². The monoisotopic (exact) mass is 277 g/mol. The van der Waals surface area contributed by atoms with Gasteiger partial charge in [0.1, 0.15) is 5.82 Å². The summed E-state index contributed by atoms with van der Waals surface area (Å²) >= 11 is 0. The summed E-state index contributed by atoms with van der Waals surface area (Å²) in [6.07, 6.45) is 1.04. The summed E-state index contributed by atoms with van der Waals surface area (Å²) in [7, 11) is 1.91. The van der Waals surface area contributed by atoms with Crippen molar-refractivity contribution in [3.05, 3.63) is 30.1 Å². The molecule has 1 fully saturated rings. The van der Waals surface area contributed by atoms with Gasteiger partial charge in [-0.25, -0.2) is 18.7 Å². The molecule has 0 amide bonds. The fourth-order valence-corrected chi connectivity index (χ4v) is 2.35. The molecule has 0 radical (unpaired) electrons. The molecule has 20 heavy (non-hydrogen) atoms. The van der Waals surface area contributed by atoms with Crippen LogP contribution in [0.15, 0.2) is 24.3 Å². The van der Waals surface area contributed by atoms with Crippen LogP contribution in [0.4, 0.5) is 14.6 Å². The molecule has 0 saturated heterocycles. The van der Waals surface area contributed by atoms with Gasteiger partial charge in [-0.05, 0) is 24.5 Å². The summed E-state index contributed by atoms with van der Waals surface area (Å²) in [6.45, 7) is 0.842. The SMILES string of the molecule is CN(CCC1CC1)c1nc(C(F)F)nc2ccccc12. The van der Waals surface area contributed by atoms with Crippen molar-refractivity contribution in [3.8, 4) is 0 Å². The van der Waals surface area contributed by atoms with Crippen molar-refractivity contribution in [1.29, 1.82) is 0 Å². The van der Waals surface area contributed by atoms with E-state index in [0.717, 1.165) is 24.3 Å². The third-order valence-electron chi connectivity index (χ3n) is 3.73. The lowest BCUT2D eigenvalue weighted by atomic mass is 10.2. The van der Waals surface area contributed by atoms with Crippen molar-refractivity contribution in [3.63, 3.8) is 0 Å². The van der Waals surface area contributed by atoms with Gasteiger partial charge in [-0.2, -0.15) is 0 Å². The molecule has 106 valence electrons. The molecule has 1 aromatic carbocycles. The van der Waals surface area contributed by atoms with Gasteiger partial charge in [-0.15, -0.1) is 0 Å². The highest BCUT2D eigenvalue weighted by atomic mass is 19.3. The average molecular weight is 277 g/mol. The number of anilines is 1. The number of fused-ring (bicyclic) bond motifs is 1. The number of halogens is 2. The van der Waals surface area contributed by atoms with Crippen LogP contribution in [0.1, 0.15) is 31.5 Å². The number of alkyl halides is 2. The van der Waals surface area contributed by atoms with Crippen LogP contribution in [0.25, 0.3) is 10.9 Å². The van der Waals surface area contributed by atoms with Crippen LogP contribution in [-0.2, 0) is 0 Å². The quantitative estimate of drug-likeness (QED) is 0.832. The first-order valence-corrected chi connectivity index (χ1v) is 6.91. The minimum Gasteiger partial charge on any atom is -0.359 e. The van der Waals surface area contributed by atoms with Crippen LogP contribution in [0.5, 0.6) is 0 Å². The Kier molecular flexibility index (Phi) is 3.51. The molecular weight excluding hydrogens is 260 g/mol. The second-order valence-corrected chi connectivity index (χ2v) is 5.38. The Morgan fingerprint density at radius 2 is 2.00 bits per heavy atom. The van der Waals surface area contributed by atoms with E-state index in [9.17, 15) is 8.78 Å². The molecule has 0 bridgehead atoms. The molecule has 0 aliphatic heterocycles. The van der Waals surface area contributed by atoms with Gasteiger partial charge in [-0.3, -0.25) is 0 Å². The number of aromatic nitrogens is 2. The standard InChI is InChI=1S/C15H17F2N3/c1-20(9-8-10-6-7-10)15-11-4-2-3-5-12(11)18-14(19-15)13(16)17/h2-5,10,13H,6-9H2,1H3. The molecule has 1 aliphatic rings. The highest BCUT2D eigenvalue weighted by molar-refractivity contribution is 5.89. The van der Waals surface area contributed by atoms with Crippen molar-refractivity contribution in [2.24, 2.45) is 5.92 Å². The summed E-state index contributed by atoms with van der Waals surface area (Å²) in [5.74, 6) is 1.02. The molecule has 3 nitrogen and oxygen atoms in total. The van der Waals surface area contributed by atoms with Crippen LogP contribution in [0, 0.1) is 5.92 Å². The zero-order valence-corrected chi connectivity index (χ0v) is 11.4. The van der Waals surface area contributed by atoms with Gasteiger partial charge in [0, 0.05) is 19.0 Å². The van der Waals surface area contributed by atoms with Crippen molar-refractivity contribution >= 4 is 16.7 Å². The smallest absolute Gasteiger partial charge is 0.297 e.